The number of likely N-dealkylation sites (N-methyl/N-ethyl adjacent to an activating group) is 1. The van der Waals surface area contributed by atoms with E-state index in [9.17, 15) is 14.7 Å². The van der Waals surface area contributed by atoms with Gasteiger partial charge in [-0.25, -0.2) is 14.0 Å². The molecule has 0 spiro atoms. The van der Waals surface area contributed by atoms with E-state index < -0.39 is 5.82 Å². The Morgan fingerprint density at radius 1 is 1.50 bits per heavy atom. The second kappa shape index (κ2) is 9.08. The molecule has 0 bridgehead atoms. The van der Waals surface area contributed by atoms with Gasteiger partial charge >= 0.3 is 0 Å². The summed E-state index contributed by atoms with van der Waals surface area (Å²) in [5.41, 5.74) is 2.54. The highest BCUT2D eigenvalue weighted by Crippen LogP contribution is 2.24. The first kappa shape index (κ1) is 18.8. The summed E-state index contributed by atoms with van der Waals surface area (Å²) in [7, 11) is 1.73. The Kier molecular flexibility index (Phi) is 7.12. The maximum Gasteiger partial charge on any atom is 0.186 e. The van der Waals surface area contributed by atoms with Crippen molar-refractivity contribution < 1.29 is 19.3 Å². The Labute approximate surface area is 149 Å². The molecular formula is C13H15BrFN5O3S. The van der Waals surface area contributed by atoms with Gasteiger partial charge in [-0.1, -0.05) is 11.8 Å². The highest BCUT2D eigenvalue weighted by molar-refractivity contribution is 9.10. The summed E-state index contributed by atoms with van der Waals surface area (Å²) < 4.78 is 18.2. The second-order valence-corrected chi connectivity index (χ2v) is 6.43. The van der Waals surface area contributed by atoms with Crippen LogP contribution < -0.4 is 10.8 Å². The number of hydrogen-bond donors (Lipinski definition) is 4. The number of rotatable bonds is 7. The quantitative estimate of drug-likeness (QED) is 0.232. The highest BCUT2D eigenvalue weighted by Gasteiger charge is 2.18. The molecule has 1 atom stereocenters. The van der Waals surface area contributed by atoms with Crippen LogP contribution in [0.3, 0.4) is 0 Å². The fourth-order valence-corrected chi connectivity index (χ4v) is 3.00. The van der Waals surface area contributed by atoms with Crippen molar-refractivity contribution in [3.63, 3.8) is 0 Å². The molecule has 2 aromatic rings. The van der Waals surface area contributed by atoms with Gasteiger partial charge in [0.1, 0.15) is 5.82 Å². The van der Waals surface area contributed by atoms with E-state index in [-0.39, 0.29) is 28.7 Å². The number of aliphatic hydroxyl groups is 1. The van der Waals surface area contributed by atoms with E-state index in [1.165, 1.54) is 30.0 Å². The Hall–Kier alpha value is -1.53. The number of nitrogens with zero attached hydrogens (tertiary/aromatic N) is 3. The van der Waals surface area contributed by atoms with Crippen LogP contribution in [0.2, 0.25) is 0 Å². The molecule has 0 unspecified atom stereocenters. The predicted octanol–water partition coefficient (Wildman–Crippen LogP) is 1.70. The maximum absolute atomic E-state index is 13.3. The fourth-order valence-electron chi connectivity index (χ4n) is 1.64. The second-order valence-electron chi connectivity index (χ2n) is 4.57. The van der Waals surface area contributed by atoms with Gasteiger partial charge in [0, 0.05) is 11.8 Å². The third-order valence-electron chi connectivity index (χ3n) is 2.98. The number of nitrogens with one attached hydrogen (secondary N) is 2. The van der Waals surface area contributed by atoms with Gasteiger partial charge in [-0.05, 0) is 51.5 Å². The van der Waals surface area contributed by atoms with Crippen LogP contribution in [-0.4, -0.2) is 51.9 Å². The van der Waals surface area contributed by atoms with E-state index in [0.717, 1.165) is 0 Å². The zero-order chi connectivity index (χ0) is 17.5. The average molecular weight is 420 g/mol. The molecule has 1 aromatic carbocycles. The summed E-state index contributed by atoms with van der Waals surface area (Å²) >= 11 is 4.35. The minimum absolute atomic E-state index is 0.00210. The smallest absolute Gasteiger partial charge is 0.186 e. The van der Waals surface area contributed by atoms with E-state index in [1.54, 1.807) is 7.05 Å². The van der Waals surface area contributed by atoms with Gasteiger partial charge in [0.15, 0.2) is 16.6 Å². The van der Waals surface area contributed by atoms with E-state index >= 15 is 0 Å². The van der Waals surface area contributed by atoms with Gasteiger partial charge in [-0.2, -0.15) is 0 Å². The lowest BCUT2D eigenvalue weighted by Crippen LogP contribution is -2.31. The first-order chi connectivity index (χ1) is 11.6. The number of hydroxylamine groups is 1. The first-order valence-electron chi connectivity index (χ1n) is 6.76. The lowest BCUT2D eigenvalue weighted by Gasteiger charge is -2.11. The van der Waals surface area contributed by atoms with Crippen molar-refractivity contribution >= 4 is 39.2 Å². The molecule has 0 amide bonds. The summed E-state index contributed by atoms with van der Waals surface area (Å²) in [6.45, 7) is -0.0348. The van der Waals surface area contributed by atoms with E-state index in [4.69, 9.17) is 4.63 Å². The standard InChI is InChI=1S/C13H15BrFN5O3S/c1-16-8(5-21)6-24-13-11(19-23-20-13)12(18-22)17-7-2-3-10(15)9(14)4-7/h2-4,8,16,21-22H,5-6H2,1H3,(H,17,18)/t8-/m1/s1. The van der Waals surface area contributed by atoms with Crippen LogP contribution >= 0.6 is 27.7 Å². The molecule has 0 radical (unpaired) electrons. The summed E-state index contributed by atoms with van der Waals surface area (Å²) in [6.07, 6.45) is 0. The predicted molar refractivity (Wildman–Crippen MR) is 90.2 cm³/mol. The van der Waals surface area contributed by atoms with Gasteiger partial charge in [0.25, 0.3) is 0 Å². The Morgan fingerprint density at radius 2 is 2.29 bits per heavy atom. The number of benzene rings is 1. The molecule has 0 saturated heterocycles. The minimum Gasteiger partial charge on any atom is -0.395 e. The molecule has 8 nitrogen and oxygen atoms in total. The van der Waals surface area contributed by atoms with Crippen LogP contribution in [0, 0.1) is 5.82 Å². The van der Waals surface area contributed by atoms with Crippen molar-refractivity contribution in [2.45, 2.75) is 11.1 Å². The third kappa shape index (κ3) is 4.74. The number of amidine groups is 1. The largest absolute Gasteiger partial charge is 0.395 e. The van der Waals surface area contributed by atoms with Crippen molar-refractivity contribution in [1.29, 1.82) is 0 Å². The average Bonchev–Trinajstić information content (AvgIpc) is 3.05. The monoisotopic (exact) mass is 419 g/mol. The number of aliphatic hydroxyl groups excluding tert-OH is 1. The molecule has 1 aromatic heterocycles. The highest BCUT2D eigenvalue weighted by atomic mass is 79.9. The molecule has 0 aliphatic heterocycles. The Bertz CT molecular complexity index is 711. The summed E-state index contributed by atoms with van der Waals surface area (Å²) in [5, 5.41) is 29.3. The van der Waals surface area contributed by atoms with Crippen LogP contribution in [-0.2, 0) is 0 Å². The van der Waals surface area contributed by atoms with E-state index in [0.29, 0.717) is 16.5 Å². The molecule has 4 N–H and O–H groups in total. The van der Waals surface area contributed by atoms with Gasteiger partial charge in [0.05, 0.1) is 16.8 Å². The van der Waals surface area contributed by atoms with Crippen LogP contribution in [0.5, 0.6) is 0 Å². The lowest BCUT2D eigenvalue weighted by atomic mass is 10.3. The van der Waals surface area contributed by atoms with Crippen LogP contribution in [0.4, 0.5) is 10.1 Å². The first-order valence-corrected chi connectivity index (χ1v) is 8.54. The number of thioether (sulfide) groups is 1. The molecule has 0 saturated carbocycles. The van der Waals surface area contributed by atoms with E-state index in [1.807, 2.05) is 5.48 Å². The van der Waals surface area contributed by atoms with Crippen LogP contribution in [0.1, 0.15) is 5.69 Å². The molecule has 2 rings (SSSR count). The molecule has 1 heterocycles. The molecule has 11 heteroatoms. The Morgan fingerprint density at radius 3 is 2.92 bits per heavy atom. The lowest BCUT2D eigenvalue weighted by molar-refractivity contribution is 0.234. The maximum atomic E-state index is 13.3. The SMILES string of the molecule is CN[C@H](CO)CSc1nonc1C(=Nc1ccc(F)c(Br)c1)NO. The number of aliphatic imine (C=N–C) groups is 1. The van der Waals surface area contributed by atoms with E-state index in [2.05, 4.69) is 36.6 Å². The molecule has 24 heavy (non-hydrogen) atoms. The summed E-state index contributed by atoms with van der Waals surface area (Å²) in [4.78, 5) is 4.17. The van der Waals surface area contributed by atoms with Crippen molar-refractivity contribution in [3.05, 3.63) is 34.2 Å². The molecule has 0 aliphatic carbocycles. The summed E-state index contributed by atoms with van der Waals surface area (Å²) in [6, 6.07) is 4.01. The zero-order valence-corrected chi connectivity index (χ0v) is 14.9. The van der Waals surface area contributed by atoms with Crippen molar-refractivity contribution in [2.75, 3.05) is 19.4 Å². The third-order valence-corrected chi connectivity index (χ3v) is 4.70. The minimum atomic E-state index is -0.422. The Balaban J connectivity index is 2.23. The zero-order valence-electron chi connectivity index (χ0n) is 12.5. The summed E-state index contributed by atoms with van der Waals surface area (Å²) in [5.74, 6) is 0.0887. The van der Waals surface area contributed by atoms with Crippen molar-refractivity contribution in [2.24, 2.45) is 4.99 Å². The number of hydrogen-bond acceptors (Lipinski definition) is 8. The van der Waals surface area contributed by atoms with Gasteiger partial charge in [0.2, 0.25) is 0 Å². The van der Waals surface area contributed by atoms with Gasteiger partial charge in [-0.15, -0.1) is 0 Å². The molecule has 130 valence electrons. The molecule has 0 aliphatic rings. The van der Waals surface area contributed by atoms with Crippen molar-refractivity contribution in [1.82, 2.24) is 21.1 Å². The topological polar surface area (TPSA) is 116 Å². The number of aromatic nitrogens is 2. The van der Waals surface area contributed by atoms with Crippen LogP contribution in [0.25, 0.3) is 0 Å². The number of halogens is 2. The molecular weight excluding hydrogens is 405 g/mol. The van der Waals surface area contributed by atoms with Crippen molar-refractivity contribution in [3.8, 4) is 0 Å². The molecule has 0 fully saturated rings. The van der Waals surface area contributed by atoms with Gasteiger partial charge < -0.3 is 10.4 Å². The van der Waals surface area contributed by atoms with Crippen LogP contribution in [0.15, 0.2) is 37.3 Å². The fraction of sp³-hybridized carbons (Fsp3) is 0.308. The van der Waals surface area contributed by atoms with Gasteiger partial charge in [-0.3, -0.25) is 10.7 Å². The normalized spacial score (nSPS) is 13.1.